The number of hydrazine groups is 1. The van der Waals surface area contributed by atoms with Gasteiger partial charge >= 0.3 is 12.4 Å². The smallest absolute Gasteiger partial charge is 0.323 e. The zero-order valence-corrected chi connectivity index (χ0v) is 8.80. The van der Waals surface area contributed by atoms with Crippen molar-refractivity contribution in [3.8, 4) is 0 Å². The highest BCUT2D eigenvalue weighted by Crippen LogP contribution is 2.41. The third-order valence-electron chi connectivity index (χ3n) is 1.82. The average molecular weight is 281 g/mol. The summed E-state index contributed by atoms with van der Waals surface area (Å²) < 4.78 is 74.0. The number of benzene rings is 1. The van der Waals surface area contributed by atoms with Gasteiger partial charge in [-0.25, -0.2) is 0 Å². The molecule has 0 atom stereocenters. The maximum atomic E-state index is 12.3. The first kappa shape index (κ1) is 15.9. The molecule has 0 aromatic heterocycles. The van der Waals surface area contributed by atoms with Crippen molar-refractivity contribution in [2.45, 2.75) is 12.4 Å². The molecule has 0 amide bonds. The Morgan fingerprint density at radius 3 is 1.47 bits per heavy atom. The van der Waals surface area contributed by atoms with E-state index in [1.54, 1.807) is 0 Å². The molecular formula is C8H7ClF6N2. The number of rotatable bonds is 1. The van der Waals surface area contributed by atoms with Crippen LogP contribution in [0.5, 0.6) is 0 Å². The summed E-state index contributed by atoms with van der Waals surface area (Å²) in [5, 5.41) is 0. The molecule has 0 aliphatic carbocycles. The standard InChI is InChI=1S/C8H6F6N2.ClH/c9-7(10,11)4-2-1-3-5(6(4)16-15)8(12,13)14;/h1-3,16H,15H2;1H. The molecule has 0 aliphatic heterocycles. The van der Waals surface area contributed by atoms with Crippen molar-refractivity contribution >= 4 is 18.1 Å². The predicted octanol–water partition coefficient (Wildman–Crippen LogP) is 3.43. The molecule has 3 N–H and O–H groups in total. The quantitative estimate of drug-likeness (QED) is 0.470. The van der Waals surface area contributed by atoms with Crippen LogP contribution < -0.4 is 11.3 Å². The molecule has 0 fully saturated rings. The molecule has 98 valence electrons. The molecule has 0 bridgehead atoms. The molecular weight excluding hydrogens is 274 g/mol. The normalized spacial score (nSPS) is 11.9. The van der Waals surface area contributed by atoms with Gasteiger partial charge in [0.25, 0.3) is 0 Å². The largest absolute Gasteiger partial charge is 0.418 e. The third kappa shape index (κ3) is 3.40. The average Bonchev–Trinajstić information content (AvgIpc) is 2.13. The van der Waals surface area contributed by atoms with Crippen LogP contribution in [0.3, 0.4) is 0 Å². The van der Waals surface area contributed by atoms with Gasteiger partial charge in [0.2, 0.25) is 0 Å². The van der Waals surface area contributed by atoms with Crippen molar-refractivity contribution < 1.29 is 26.3 Å². The summed E-state index contributed by atoms with van der Waals surface area (Å²) >= 11 is 0. The second kappa shape index (κ2) is 5.01. The molecule has 0 aliphatic rings. The molecule has 0 saturated heterocycles. The first-order chi connectivity index (χ1) is 7.18. The van der Waals surface area contributed by atoms with E-state index in [2.05, 4.69) is 0 Å². The summed E-state index contributed by atoms with van der Waals surface area (Å²) in [6, 6.07) is 1.71. The van der Waals surface area contributed by atoms with Crippen molar-refractivity contribution in [2.24, 2.45) is 5.84 Å². The highest BCUT2D eigenvalue weighted by atomic mass is 35.5. The molecule has 1 aromatic carbocycles. The van der Waals surface area contributed by atoms with Gasteiger partial charge in [-0.2, -0.15) is 26.3 Å². The molecule has 0 radical (unpaired) electrons. The number of nitrogen functional groups attached to an aromatic ring is 1. The van der Waals surface area contributed by atoms with E-state index in [1.807, 2.05) is 0 Å². The topological polar surface area (TPSA) is 38.0 Å². The van der Waals surface area contributed by atoms with E-state index < -0.39 is 29.2 Å². The fraction of sp³-hybridized carbons (Fsp3) is 0.250. The van der Waals surface area contributed by atoms with Crippen LogP contribution in [0.25, 0.3) is 0 Å². The number of hydrogen-bond donors (Lipinski definition) is 2. The molecule has 0 saturated carbocycles. The number of hydrogen-bond acceptors (Lipinski definition) is 2. The van der Waals surface area contributed by atoms with Crippen LogP contribution in [0.15, 0.2) is 18.2 Å². The van der Waals surface area contributed by atoms with Crippen LogP contribution in [0.2, 0.25) is 0 Å². The lowest BCUT2D eigenvalue weighted by Gasteiger charge is -2.17. The Kier molecular flexibility index (Phi) is 4.67. The summed E-state index contributed by atoms with van der Waals surface area (Å²) in [7, 11) is 0. The van der Waals surface area contributed by atoms with E-state index in [4.69, 9.17) is 5.84 Å². The summed E-state index contributed by atoms with van der Waals surface area (Å²) in [5.74, 6) is 4.69. The van der Waals surface area contributed by atoms with Crippen LogP contribution in [0.4, 0.5) is 32.0 Å². The summed E-state index contributed by atoms with van der Waals surface area (Å²) in [6.07, 6.45) is -9.80. The Balaban J connectivity index is 0.00000256. The maximum absolute atomic E-state index is 12.3. The minimum absolute atomic E-state index is 0. The van der Waals surface area contributed by atoms with Gasteiger partial charge in [-0.15, -0.1) is 12.4 Å². The van der Waals surface area contributed by atoms with Gasteiger partial charge in [-0.3, -0.25) is 5.84 Å². The monoisotopic (exact) mass is 280 g/mol. The Morgan fingerprint density at radius 2 is 1.24 bits per heavy atom. The van der Waals surface area contributed by atoms with Crippen LogP contribution in [0, 0.1) is 0 Å². The van der Waals surface area contributed by atoms with Crippen LogP contribution in [0.1, 0.15) is 11.1 Å². The molecule has 1 aromatic rings. The van der Waals surface area contributed by atoms with Crippen molar-refractivity contribution in [2.75, 3.05) is 5.43 Å². The van der Waals surface area contributed by atoms with Gasteiger partial charge < -0.3 is 5.43 Å². The molecule has 0 unspecified atom stereocenters. The minimum Gasteiger partial charge on any atom is -0.323 e. The highest BCUT2D eigenvalue weighted by Gasteiger charge is 2.40. The third-order valence-corrected chi connectivity index (χ3v) is 1.82. The van der Waals surface area contributed by atoms with E-state index in [9.17, 15) is 26.3 Å². The molecule has 0 spiro atoms. The summed E-state index contributed by atoms with van der Waals surface area (Å²) in [5.41, 5.74) is -2.65. The maximum Gasteiger partial charge on any atom is 0.418 e. The molecule has 0 heterocycles. The molecule has 9 heteroatoms. The van der Waals surface area contributed by atoms with Crippen LogP contribution in [-0.2, 0) is 12.4 Å². The lowest BCUT2D eigenvalue weighted by atomic mass is 10.1. The number of nitrogens with one attached hydrogen (secondary N) is 1. The fourth-order valence-corrected chi connectivity index (χ4v) is 1.18. The Hall–Kier alpha value is -1.15. The first-order valence-electron chi connectivity index (χ1n) is 3.92. The van der Waals surface area contributed by atoms with Gasteiger partial charge in [0.1, 0.15) is 0 Å². The fourth-order valence-electron chi connectivity index (χ4n) is 1.18. The van der Waals surface area contributed by atoms with Gasteiger partial charge in [0.15, 0.2) is 0 Å². The van der Waals surface area contributed by atoms with E-state index >= 15 is 0 Å². The van der Waals surface area contributed by atoms with Gasteiger partial charge in [-0.1, -0.05) is 6.07 Å². The predicted molar refractivity (Wildman–Crippen MR) is 51.5 cm³/mol. The second-order valence-electron chi connectivity index (χ2n) is 2.87. The second-order valence-corrected chi connectivity index (χ2v) is 2.87. The van der Waals surface area contributed by atoms with Gasteiger partial charge in [0, 0.05) is 0 Å². The van der Waals surface area contributed by atoms with E-state index in [1.165, 1.54) is 5.43 Å². The Bertz CT molecular complexity index is 354. The van der Waals surface area contributed by atoms with E-state index in [0.717, 1.165) is 0 Å². The van der Waals surface area contributed by atoms with Gasteiger partial charge in [-0.05, 0) is 12.1 Å². The minimum atomic E-state index is -4.90. The number of para-hydroxylation sites is 1. The first-order valence-corrected chi connectivity index (χ1v) is 3.92. The lowest BCUT2D eigenvalue weighted by Crippen LogP contribution is -2.20. The zero-order valence-electron chi connectivity index (χ0n) is 7.99. The summed E-state index contributed by atoms with van der Waals surface area (Å²) in [4.78, 5) is 0. The molecule has 17 heavy (non-hydrogen) atoms. The van der Waals surface area contributed by atoms with Crippen LogP contribution in [-0.4, -0.2) is 0 Å². The van der Waals surface area contributed by atoms with Crippen molar-refractivity contribution in [1.29, 1.82) is 0 Å². The van der Waals surface area contributed by atoms with Crippen molar-refractivity contribution in [1.82, 2.24) is 0 Å². The van der Waals surface area contributed by atoms with Gasteiger partial charge in [0.05, 0.1) is 16.8 Å². The number of halogens is 7. The van der Waals surface area contributed by atoms with E-state index in [0.29, 0.717) is 18.2 Å². The number of anilines is 1. The lowest BCUT2D eigenvalue weighted by molar-refractivity contribution is -0.141. The Morgan fingerprint density at radius 1 is 0.882 bits per heavy atom. The zero-order chi connectivity index (χ0) is 12.6. The molecule has 1 rings (SSSR count). The SMILES string of the molecule is Cl.NNc1c(C(F)(F)F)cccc1C(F)(F)F. The van der Waals surface area contributed by atoms with Crippen molar-refractivity contribution in [3.63, 3.8) is 0 Å². The molecule has 2 nitrogen and oxygen atoms in total. The van der Waals surface area contributed by atoms with Crippen LogP contribution >= 0.6 is 12.4 Å². The number of nitrogens with two attached hydrogens (primary N) is 1. The van der Waals surface area contributed by atoms with E-state index in [-0.39, 0.29) is 12.4 Å². The number of alkyl halides is 6. The van der Waals surface area contributed by atoms with Crippen molar-refractivity contribution in [3.05, 3.63) is 29.3 Å². The highest BCUT2D eigenvalue weighted by molar-refractivity contribution is 5.85. The summed E-state index contributed by atoms with van der Waals surface area (Å²) in [6.45, 7) is 0. The Labute approximate surface area is 98.2 Å².